The van der Waals surface area contributed by atoms with Crippen LogP contribution in [-0.2, 0) is 14.2 Å². The van der Waals surface area contributed by atoms with E-state index in [1.807, 2.05) is 0 Å². The van der Waals surface area contributed by atoms with E-state index in [1.165, 1.54) is 0 Å². The molecule has 0 radical (unpaired) electrons. The summed E-state index contributed by atoms with van der Waals surface area (Å²) < 4.78 is 15.5. The molecule has 84 valence electrons. The Morgan fingerprint density at radius 1 is 1.14 bits per heavy atom. The first-order valence-electron chi connectivity index (χ1n) is 5.19. The Bertz CT molecular complexity index is 132. The van der Waals surface area contributed by atoms with Crippen LogP contribution in [0.1, 0.15) is 25.7 Å². The average Bonchev–Trinajstić information content (AvgIpc) is 2.21. The van der Waals surface area contributed by atoms with Crippen molar-refractivity contribution in [3.05, 3.63) is 0 Å². The molecule has 1 N–H and O–H groups in total. The number of hydrogen-bond donors (Lipinski definition) is 1. The molecule has 0 unspecified atom stereocenters. The van der Waals surface area contributed by atoms with Gasteiger partial charge in [-0.05, 0) is 25.7 Å². The van der Waals surface area contributed by atoms with Gasteiger partial charge in [0.2, 0.25) is 0 Å². The molecule has 0 saturated heterocycles. The van der Waals surface area contributed by atoms with Crippen molar-refractivity contribution in [2.24, 2.45) is 0 Å². The van der Waals surface area contributed by atoms with Crippen LogP contribution in [0.25, 0.3) is 0 Å². The molecule has 1 aliphatic rings. The Kier molecular flexibility index (Phi) is 6.10. The molecule has 4 nitrogen and oxygen atoms in total. The number of rotatable bonds is 6. The maximum atomic E-state index is 9.27. The van der Waals surface area contributed by atoms with E-state index in [1.54, 1.807) is 7.11 Å². The molecule has 1 aliphatic carbocycles. The Morgan fingerprint density at radius 3 is 2.50 bits per heavy atom. The fourth-order valence-corrected chi connectivity index (χ4v) is 1.56. The van der Waals surface area contributed by atoms with Crippen molar-refractivity contribution in [1.82, 2.24) is 0 Å². The van der Waals surface area contributed by atoms with Crippen molar-refractivity contribution in [3.63, 3.8) is 0 Å². The van der Waals surface area contributed by atoms with E-state index in [9.17, 15) is 5.11 Å². The highest BCUT2D eigenvalue weighted by Gasteiger charge is 2.19. The van der Waals surface area contributed by atoms with Gasteiger partial charge in [-0.1, -0.05) is 0 Å². The van der Waals surface area contributed by atoms with E-state index < -0.39 is 0 Å². The van der Waals surface area contributed by atoms with Crippen LogP contribution in [0.5, 0.6) is 0 Å². The van der Waals surface area contributed by atoms with Crippen molar-refractivity contribution in [3.8, 4) is 0 Å². The fourth-order valence-electron chi connectivity index (χ4n) is 1.56. The summed E-state index contributed by atoms with van der Waals surface area (Å²) in [4.78, 5) is 0. The molecule has 0 atom stereocenters. The second-order valence-electron chi connectivity index (χ2n) is 3.62. The van der Waals surface area contributed by atoms with Gasteiger partial charge in [0.25, 0.3) is 0 Å². The first kappa shape index (κ1) is 11.9. The smallest absolute Gasteiger partial charge is 0.147 e. The maximum absolute atomic E-state index is 9.27. The number of hydrogen-bond acceptors (Lipinski definition) is 4. The first-order valence-corrected chi connectivity index (χ1v) is 5.19. The van der Waals surface area contributed by atoms with E-state index in [0.29, 0.717) is 20.0 Å². The van der Waals surface area contributed by atoms with E-state index in [-0.39, 0.29) is 12.2 Å². The number of methoxy groups -OCH3 is 1. The predicted molar refractivity (Wildman–Crippen MR) is 52.0 cm³/mol. The highest BCUT2D eigenvalue weighted by molar-refractivity contribution is 4.70. The van der Waals surface area contributed by atoms with E-state index in [0.717, 1.165) is 25.7 Å². The third-order valence-electron chi connectivity index (χ3n) is 2.46. The van der Waals surface area contributed by atoms with Gasteiger partial charge in [-0.15, -0.1) is 0 Å². The third kappa shape index (κ3) is 4.91. The first-order chi connectivity index (χ1) is 6.83. The molecular weight excluding hydrogens is 184 g/mol. The highest BCUT2D eigenvalue weighted by Crippen LogP contribution is 2.20. The molecular formula is C10H20O4. The van der Waals surface area contributed by atoms with Gasteiger partial charge in [-0.2, -0.15) is 0 Å². The lowest BCUT2D eigenvalue weighted by atomic mass is 9.95. The standard InChI is InChI=1S/C10H20O4/c1-12-6-7-13-8-14-10-4-2-9(11)3-5-10/h9-11H,2-8H2,1H3. The zero-order chi connectivity index (χ0) is 10.2. The van der Waals surface area contributed by atoms with Crippen LogP contribution < -0.4 is 0 Å². The topological polar surface area (TPSA) is 47.9 Å². The maximum Gasteiger partial charge on any atom is 0.147 e. The van der Waals surface area contributed by atoms with Gasteiger partial charge in [0.15, 0.2) is 0 Å². The normalized spacial score (nSPS) is 27.9. The van der Waals surface area contributed by atoms with Crippen LogP contribution in [0.15, 0.2) is 0 Å². The predicted octanol–water partition coefficient (Wildman–Crippen LogP) is 0.927. The van der Waals surface area contributed by atoms with Gasteiger partial charge in [0.05, 0.1) is 25.4 Å². The highest BCUT2D eigenvalue weighted by atomic mass is 16.7. The second-order valence-corrected chi connectivity index (χ2v) is 3.62. The van der Waals surface area contributed by atoms with Crippen molar-refractivity contribution in [2.45, 2.75) is 37.9 Å². The van der Waals surface area contributed by atoms with Crippen LogP contribution in [0.4, 0.5) is 0 Å². The minimum Gasteiger partial charge on any atom is -0.393 e. The summed E-state index contributed by atoms with van der Waals surface area (Å²) in [7, 11) is 1.65. The van der Waals surface area contributed by atoms with Gasteiger partial charge in [0.1, 0.15) is 6.79 Å². The average molecular weight is 204 g/mol. The Hall–Kier alpha value is -0.160. The molecule has 0 aliphatic heterocycles. The number of ether oxygens (including phenoxy) is 3. The van der Waals surface area contributed by atoms with Crippen LogP contribution in [0, 0.1) is 0 Å². The summed E-state index contributed by atoms with van der Waals surface area (Å²) in [5.74, 6) is 0. The molecule has 0 spiro atoms. The summed E-state index contributed by atoms with van der Waals surface area (Å²) in [6, 6.07) is 0. The molecule has 1 saturated carbocycles. The second kappa shape index (κ2) is 7.17. The van der Waals surface area contributed by atoms with Gasteiger partial charge < -0.3 is 19.3 Å². The van der Waals surface area contributed by atoms with Crippen molar-refractivity contribution < 1.29 is 19.3 Å². The molecule has 4 heteroatoms. The summed E-state index contributed by atoms with van der Waals surface area (Å²) in [6.07, 6.45) is 3.72. The molecule has 1 fully saturated rings. The lowest BCUT2D eigenvalue weighted by Gasteiger charge is -2.25. The van der Waals surface area contributed by atoms with E-state index in [4.69, 9.17) is 14.2 Å². The fraction of sp³-hybridized carbons (Fsp3) is 1.00. The Labute approximate surface area is 85.2 Å². The van der Waals surface area contributed by atoms with Crippen molar-refractivity contribution >= 4 is 0 Å². The molecule has 14 heavy (non-hydrogen) atoms. The Balaban J connectivity index is 1.91. The molecule has 0 bridgehead atoms. The summed E-state index contributed by atoms with van der Waals surface area (Å²) >= 11 is 0. The Morgan fingerprint density at radius 2 is 1.86 bits per heavy atom. The summed E-state index contributed by atoms with van der Waals surface area (Å²) in [5.41, 5.74) is 0. The molecule has 0 amide bonds. The van der Waals surface area contributed by atoms with Crippen LogP contribution in [0.3, 0.4) is 0 Å². The van der Waals surface area contributed by atoms with Gasteiger partial charge >= 0.3 is 0 Å². The van der Waals surface area contributed by atoms with Crippen molar-refractivity contribution in [1.29, 1.82) is 0 Å². The van der Waals surface area contributed by atoms with Crippen LogP contribution in [0.2, 0.25) is 0 Å². The monoisotopic (exact) mass is 204 g/mol. The van der Waals surface area contributed by atoms with Gasteiger partial charge in [-0.25, -0.2) is 0 Å². The lowest BCUT2D eigenvalue weighted by molar-refractivity contribution is -0.112. The summed E-state index contributed by atoms with van der Waals surface area (Å²) in [5, 5.41) is 9.27. The zero-order valence-electron chi connectivity index (χ0n) is 8.78. The van der Waals surface area contributed by atoms with Crippen LogP contribution in [-0.4, -0.2) is 44.4 Å². The third-order valence-corrected chi connectivity index (χ3v) is 2.46. The molecule has 0 aromatic heterocycles. The van der Waals surface area contributed by atoms with Crippen molar-refractivity contribution in [2.75, 3.05) is 27.1 Å². The lowest BCUT2D eigenvalue weighted by Crippen LogP contribution is -2.25. The van der Waals surface area contributed by atoms with E-state index >= 15 is 0 Å². The van der Waals surface area contributed by atoms with Gasteiger partial charge in [0, 0.05) is 7.11 Å². The number of aliphatic hydroxyl groups is 1. The zero-order valence-corrected chi connectivity index (χ0v) is 8.78. The van der Waals surface area contributed by atoms with Crippen LogP contribution >= 0.6 is 0 Å². The molecule has 0 aromatic rings. The van der Waals surface area contributed by atoms with Gasteiger partial charge in [-0.3, -0.25) is 0 Å². The number of aliphatic hydroxyl groups excluding tert-OH is 1. The minimum atomic E-state index is -0.121. The quantitative estimate of drug-likeness (QED) is 0.516. The molecule has 0 aromatic carbocycles. The largest absolute Gasteiger partial charge is 0.393 e. The summed E-state index contributed by atoms with van der Waals surface area (Å²) in [6.45, 7) is 1.52. The SMILES string of the molecule is COCCOCOC1CCC(O)CC1. The molecule has 1 rings (SSSR count). The molecule has 0 heterocycles. The minimum absolute atomic E-state index is 0.121. The van der Waals surface area contributed by atoms with E-state index in [2.05, 4.69) is 0 Å².